The molecule has 0 spiro atoms. The second kappa shape index (κ2) is 8.43. The Morgan fingerprint density at radius 1 is 1.03 bits per heavy atom. The minimum absolute atomic E-state index is 0.0503. The average molecular weight is 395 g/mol. The lowest BCUT2D eigenvalue weighted by atomic mass is 10.0. The second-order valence-electron chi connectivity index (χ2n) is 7.27. The van der Waals surface area contributed by atoms with Gasteiger partial charge in [0.2, 0.25) is 0 Å². The molecule has 0 aromatic heterocycles. The summed E-state index contributed by atoms with van der Waals surface area (Å²) in [7, 11) is 0. The molecule has 2 aromatic carbocycles. The molecule has 0 aliphatic carbocycles. The van der Waals surface area contributed by atoms with Crippen LogP contribution in [0.5, 0.6) is 0 Å². The molecule has 6 nitrogen and oxygen atoms in total. The van der Waals surface area contributed by atoms with Gasteiger partial charge in [0.1, 0.15) is 11.5 Å². The molecule has 0 bridgehead atoms. The van der Waals surface area contributed by atoms with Crippen molar-refractivity contribution in [1.29, 1.82) is 0 Å². The van der Waals surface area contributed by atoms with Crippen molar-refractivity contribution in [3.8, 4) is 0 Å². The second-order valence-corrected chi connectivity index (χ2v) is 7.27. The van der Waals surface area contributed by atoms with Crippen LogP contribution >= 0.6 is 0 Å². The first-order valence-corrected chi connectivity index (χ1v) is 9.74. The summed E-state index contributed by atoms with van der Waals surface area (Å²) in [6.45, 7) is 0.932. The molecule has 2 heterocycles. The molecule has 1 fully saturated rings. The Kier molecular flexibility index (Phi) is 5.55. The standard InChI is InChI=1S/C22H22FN3O3/c23-18-9-5-4-8-17(18)22(28)26-12-10-16(11-13-26)24-21(27)19-14-20(29-25-19)15-6-2-1-3-7-15/h1-9,16,20H,10-14H2,(H,24,27). The van der Waals surface area contributed by atoms with Crippen LogP contribution in [-0.4, -0.2) is 41.6 Å². The summed E-state index contributed by atoms with van der Waals surface area (Å²) in [5.74, 6) is -1.06. The van der Waals surface area contributed by atoms with E-state index in [0.29, 0.717) is 38.1 Å². The van der Waals surface area contributed by atoms with Crippen molar-refractivity contribution in [2.24, 2.45) is 5.16 Å². The van der Waals surface area contributed by atoms with E-state index >= 15 is 0 Å². The predicted octanol–water partition coefficient (Wildman–Crippen LogP) is 3.06. The van der Waals surface area contributed by atoms with Gasteiger partial charge in [-0.2, -0.15) is 0 Å². The van der Waals surface area contributed by atoms with E-state index in [-0.39, 0.29) is 29.5 Å². The van der Waals surface area contributed by atoms with E-state index in [0.717, 1.165) is 5.56 Å². The molecule has 2 amide bonds. The number of halogens is 1. The molecule has 2 aromatic rings. The lowest BCUT2D eigenvalue weighted by Crippen LogP contribution is -2.48. The zero-order valence-electron chi connectivity index (χ0n) is 15.9. The average Bonchev–Trinajstić information content (AvgIpc) is 3.25. The fourth-order valence-corrected chi connectivity index (χ4v) is 3.66. The molecular formula is C22H22FN3O3. The zero-order chi connectivity index (χ0) is 20.2. The van der Waals surface area contributed by atoms with Crippen LogP contribution < -0.4 is 5.32 Å². The number of hydrogen-bond donors (Lipinski definition) is 1. The molecule has 1 saturated heterocycles. The molecular weight excluding hydrogens is 373 g/mol. The van der Waals surface area contributed by atoms with Gasteiger partial charge in [0.15, 0.2) is 6.10 Å². The molecule has 150 valence electrons. The number of nitrogens with zero attached hydrogens (tertiary/aromatic N) is 2. The van der Waals surface area contributed by atoms with Gasteiger partial charge in [0.05, 0.1) is 5.56 Å². The maximum atomic E-state index is 13.8. The molecule has 1 atom stereocenters. The van der Waals surface area contributed by atoms with E-state index in [1.165, 1.54) is 12.1 Å². The van der Waals surface area contributed by atoms with Gasteiger partial charge in [-0.1, -0.05) is 47.6 Å². The highest BCUT2D eigenvalue weighted by Crippen LogP contribution is 2.27. The fourth-order valence-electron chi connectivity index (χ4n) is 3.66. The molecule has 0 radical (unpaired) electrons. The SMILES string of the molecule is O=C(NC1CCN(C(=O)c2ccccc2F)CC1)C1=NOC(c2ccccc2)C1. The number of rotatable bonds is 4. The van der Waals surface area contributed by atoms with Crippen molar-refractivity contribution in [2.45, 2.75) is 31.4 Å². The minimum Gasteiger partial charge on any atom is -0.387 e. The van der Waals surface area contributed by atoms with Crippen molar-refractivity contribution >= 4 is 17.5 Å². The number of benzene rings is 2. The Morgan fingerprint density at radius 2 is 1.72 bits per heavy atom. The van der Waals surface area contributed by atoms with Gasteiger partial charge in [0, 0.05) is 25.6 Å². The highest BCUT2D eigenvalue weighted by Gasteiger charge is 2.30. The topological polar surface area (TPSA) is 71.0 Å². The van der Waals surface area contributed by atoms with Crippen LogP contribution in [0.3, 0.4) is 0 Å². The van der Waals surface area contributed by atoms with Crippen LogP contribution in [0.4, 0.5) is 4.39 Å². The Balaban J connectivity index is 1.27. The number of likely N-dealkylation sites (tertiary alicyclic amines) is 1. The third kappa shape index (κ3) is 4.29. The van der Waals surface area contributed by atoms with Crippen LogP contribution in [0.25, 0.3) is 0 Å². The van der Waals surface area contributed by atoms with Crippen molar-refractivity contribution in [3.63, 3.8) is 0 Å². The van der Waals surface area contributed by atoms with Gasteiger partial charge in [0.25, 0.3) is 11.8 Å². The number of hydrogen-bond acceptors (Lipinski definition) is 4. The van der Waals surface area contributed by atoms with E-state index < -0.39 is 5.82 Å². The van der Waals surface area contributed by atoms with Crippen molar-refractivity contribution in [2.75, 3.05) is 13.1 Å². The van der Waals surface area contributed by atoms with E-state index in [1.54, 1.807) is 17.0 Å². The third-order valence-electron chi connectivity index (χ3n) is 5.32. The first kappa shape index (κ1) is 19.1. The number of nitrogens with one attached hydrogen (secondary N) is 1. The van der Waals surface area contributed by atoms with Gasteiger partial charge in [-0.3, -0.25) is 9.59 Å². The monoisotopic (exact) mass is 395 g/mol. The summed E-state index contributed by atoms with van der Waals surface area (Å²) in [5.41, 5.74) is 1.45. The summed E-state index contributed by atoms with van der Waals surface area (Å²) < 4.78 is 13.8. The smallest absolute Gasteiger partial charge is 0.269 e. The Hall–Kier alpha value is -3.22. The minimum atomic E-state index is -0.514. The Morgan fingerprint density at radius 3 is 2.45 bits per heavy atom. The van der Waals surface area contributed by atoms with Gasteiger partial charge in [-0.15, -0.1) is 0 Å². The quantitative estimate of drug-likeness (QED) is 0.865. The summed E-state index contributed by atoms with van der Waals surface area (Å²) in [6.07, 6.45) is 1.42. The molecule has 2 aliphatic heterocycles. The molecule has 7 heteroatoms. The Bertz CT molecular complexity index is 924. The summed E-state index contributed by atoms with van der Waals surface area (Å²) in [6, 6.07) is 15.6. The Labute approximate surface area is 168 Å². The fraction of sp³-hybridized carbons (Fsp3) is 0.318. The molecule has 29 heavy (non-hydrogen) atoms. The highest BCUT2D eigenvalue weighted by atomic mass is 19.1. The number of carbonyl (C=O) groups excluding carboxylic acids is 2. The van der Waals surface area contributed by atoms with Gasteiger partial charge in [-0.25, -0.2) is 4.39 Å². The summed E-state index contributed by atoms with van der Waals surface area (Å²) in [4.78, 5) is 32.0. The van der Waals surface area contributed by atoms with Crippen molar-refractivity contribution in [1.82, 2.24) is 10.2 Å². The number of carbonyl (C=O) groups is 2. The normalized spacial score (nSPS) is 19.4. The highest BCUT2D eigenvalue weighted by molar-refractivity contribution is 6.39. The maximum absolute atomic E-state index is 13.8. The number of amides is 2. The maximum Gasteiger partial charge on any atom is 0.269 e. The zero-order valence-corrected chi connectivity index (χ0v) is 15.9. The van der Waals surface area contributed by atoms with E-state index in [4.69, 9.17) is 4.84 Å². The van der Waals surface area contributed by atoms with Crippen LogP contribution in [0.2, 0.25) is 0 Å². The van der Waals surface area contributed by atoms with E-state index in [1.807, 2.05) is 30.3 Å². The van der Waals surface area contributed by atoms with Crippen molar-refractivity contribution in [3.05, 3.63) is 71.5 Å². The summed E-state index contributed by atoms with van der Waals surface area (Å²) in [5, 5.41) is 6.93. The van der Waals surface area contributed by atoms with Crippen LogP contribution in [0, 0.1) is 5.82 Å². The lowest BCUT2D eigenvalue weighted by Gasteiger charge is -2.32. The largest absolute Gasteiger partial charge is 0.387 e. The predicted molar refractivity (Wildman–Crippen MR) is 106 cm³/mol. The van der Waals surface area contributed by atoms with Gasteiger partial charge >= 0.3 is 0 Å². The lowest BCUT2D eigenvalue weighted by molar-refractivity contribution is -0.115. The van der Waals surface area contributed by atoms with Crippen molar-refractivity contribution < 1.29 is 18.8 Å². The molecule has 1 unspecified atom stereocenters. The first-order valence-electron chi connectivity index (χ1n) is 9.74. The van der Waals surface area contributed by atoms with Crippen LogP contribution in [0.1, 0.15) is 41.3 Å². The van der Waals surface area contributed by atoms with Gasteiger partial charge in [-0.05, 0) is 30.5 Å². The van der Waals surface area contributed by atoms with Gasteiger partial charge < -0.3 is 15.1 Å². The van der Waals surface area contributed by atoms with Crippen LogP contribution in [-0.2, 0) is 9.63 Å². The molecule has 4 rings (SSSR count). The number of piperidine rings is 1. The molecule has 0 saturated carbocycles. The third-order valence-corrected chi connectivity index (χ3v) is 5.32. The van der Waals surface area contributed by atoms with E-state index in [9.17, 15) is 14.0 Å². The summed E-state index contributed by atoms with van der Waals surface area (Å²) >= 11 is 0. The molecule has 1 N–H and O–H groups in total. The van der Waals surface area contributed by atoms with E-state index in [2.05, 4.69) is 10.5 Å². The van der Waals surface area contributed by atoms with Crippen LogP contribution in [0.15, 0.2) is 59.8 Å². The molecule has 2 aliphatic rings. The first-order chi connectivity index (χ1) is 14.1. The number of oxime groups is 1.